The van der Waals surface area contributed by atoms with Crippen LogP contribution in [0.25, 0.3) is 0 Å². The zero-order valence-corrected chi connectivity index (χ0v) is 10.2. The standard InChI is InChI=1S/C14H22O/c1-4-5-6-14-8-7-13(3,10-12(14)15)11(2)9-14/h9H,4-8,10H2,1-3H3/t13-,14-/m0/s1. The normalized spacial score (nSPS) is 39.4. The second-order valence-corrected chi connectivity index (χ2v) is 5.75. The molecule has 1 heteroatoms. The van der Waals surface area contributed by atoms with Gasteiger partial charge in [-0.1, -0.05) is 38.3 Å². The second-order valence-electron chi connectivity index (χ2n) is 5.75. The van der Waals surface area contributed by atoms with Gasteiger partial charge in [-0.15, -0.1) is 0 Å². The molecule has 3 rings (SSSR count). The summed E-state index contributed by atoms with van der Waals surface area (Å²) in [5, 5.41) is 0. The maximum atomic E-state index is 12.2. The van der Waals surface area contributed by atoms with Gasteiger partial charge in [-0.2, -0.15) is 0 Å². The Bertz CT molecular complexity index is 315. The van der Waals surface area contributed by atoms with E-state index in [0.717, 1.165) is 19.3 Å². The van der Waals surface area contributed by atoms with E-state index in [9.17, 15) is 4.79 Å². The Balaban J connectivity index is 2.29. The fourth-order valence-corrected chi connectivity index (χ4v) is 3.16. The van der Waals surface area contributed by atoms with Crippen molar-refractivity contribution in [3.05, 3.63) is 11.6 Å². The lowest BCUT2D eigenvalue weighted by atomic mass is 9.54. The van der Waals surface area contributed by atoms with Gasteiger partial charge < -0.3 is 0 Å². The first-order valence-corrected chi connectivity index (χ1v) is 6.26. The molecule has 0 N–H and O–H groups in total. The quantitative estimate of drug-likeness (QED) is 0.640. The van der Waals surface area contributed by atoms with Crippen LogP contribution in [0.15, 0.2) is 11.6 Å². The Morgan fingerprint density at radius 3 is 2.67 bits per heavy atom. The molecule has 0 unspecified atom stereocenters. The van der Waals surface area contributed by atoms with Crippen LogP contribution in [-0.4, -0.2) is 5.78 Å². The summed E-state index contributed by atoms with van der Waals surface area (Å²) in [6.07, 6.45) is 8.86. The number of Topliss-reactive ketones (excluding diaryl/α,β-unsaturated/α-hetero) is 1. The van der Waals surface area contributed by atoms with Crippen LogP contribution < -0.4 is 0 Å². The molecule has 0 aliphatic heterocycles. The Morgan fingerprint density at radius 2 is 2.13 bits per heavy atom. The van der Waals surface area contributed by atoms with E-state index < -0.39 is 0 Å². The van der Waals surface area contributed by atoms with E-state index in [1.54, 1.807) is 0 Å². The van der Waals surface area contributed by atoms with Crippen molar-refractivity contribution in [1.29, 1.82) is 0 Å². The number of unbranched alkanes of at least 4 members (excludes halogenated alkanes) is 1. The number of allylic oxidation sites excluding steroid dienone is 2. The number of hydrogen-bond donors (Lipinski definition) is 0. The smallest absolute Gasteiger partial charge is 0.143 e. The topological polar surface area (TPSA) is 17.1 Å². The van der Waals surface area contributed by atoms with Gasteiger partial charge in [-0.3, -0.25) is 4.79 Å². The van der Waals surface area contributed by atoms with E-state index in [4.69, 9.17) is 0 Å². The number of carbonyl (C=O) groups excluding carboxylic acids is 1. The molecule has 0 saturated heterocycles. The van der Waals surface area contributed by atoms with Crippen LogP contribution in [0.1, 0.15) is 59.3 Å². The Morgan fingerprint density at radius 1 is 1.40 bits per heavy atom. The van der Waals surface area contributed by atoms with Crippen LogP contribution >= 0.6 is 0 Å². The Labute approximate surface area is 92.9 Å². The number of carbonyl (C=O) groups is 1. The molecule has 3 aliphatic rings. The molecular weight excluding hydrogens is 184 g/mol. The Hall–Kier alpha value is -0.590. The molecule has 0 spiro atoms. The van der Waals surface area contributed by atoms with Gasteiger partial charge in [0.15, 0.2) is 0 Å². The molecule has 0 amide bonds. The second kappa shape index (κ2) is 3.47. The van der Waals surface area contributed by atoms with E-state index in [0.29, 0.717) is 5.78 Å². The highest BCUT2D eigenvalue weighted by Gasteiger charge is 2.50. The van der Waals surface area contributed by atoms with Crippen LogP contribution in [0.2, 0.25) is 0 Å². The lowest BCUT2D eigenvalue weighted by Crippen LogP contribution is -2.45. The maximum Gasteiger partial charge on any atom is 0.143 e. The van der Waals surface area contributed by atoms with E-state index in [-0.39, 0.29) is 10.8 Å². The van der Waals surface area contributed by atoms with Crippen molar-refractivity contribution in [2.45, 2.75) is 59.3 Å². The minimum Gasteiger partial charge on any atom is -0.299 e. The molecule has 1 fully saturated rings. The maximum absolute atomic E-state index is 12.2. The highest BCUT2D eigenvalue weighted by Crippen LogP contribution is 2.55. The highest BCUT2D eigenvalue weighted by molar-refractivity contribution is 5.90. The predicted molar refractivity (Wildman–Crippen MR) is 62.7 cm³/mol. The molecule has 0 aromatic heterocycles. The molecule has 3 aliphatic carbocycles. The van der Waals surface area contributed by atoms with Crippen molar-refractivity contribution in [2.24, 2.45) is 10.8 Å². The number of fused-ring (bicyclic) bond motifs is 2. The van der Waals surface area contributed by atoms with Crippen LogP contribution in [0.5, 0.6) is 0 Å². The van der Waals surface area contributed by atoms with Crippen LogP contribution in [0.3, 0.4) is 0 Å². The summed E-state index contributed by atoms with van der Waals surface area (Å²) >= 11 is 0. The largest absolute Gasteiger partial charge is 0.299 e. The summed E-state index contributed by atoms with van der Waals surface area (Å²) in [4.78, 5) is 12.2. The molecule has 0 aromatic carbocycles. The summed E-state index contributed by atoms with van der Waals surface area (Å²) in [6.45, 7) is 6.67. The Kier molecular flexibility index (Phi) is 2.52. The van der Waals surface area contributed by atoms with Crippen LogP contribution in [0, 0.1) is 10.8 Å². The van der Waals surface area contributed by atoms with Crippen molar-refractivity contribution in [3.63, 3.8) is 0 Å². The predicted octanol–water partition coefficient (Wildman–Crippen LogP) is 3.88. The van der Waals surface area contributed by atoms with Gasteiger partial charge in [0.1, 0.15) is 5.78 Å². The summed E-state index contributed by atoms with van der Waals surface area (Å²) in [5.41, 5.74) is 1.60. The molecule has 15 heavy (non-hydrogen) atoms. The minimum atomic E-state index is -0.0577. The molecule has 0 heterocycles. The highest BCUT2D eigenvalue weighted by atomic mass is 16.1. The van der Waals surface area contributed by atoms with Crippen LogP contribution in [0.4, 0.5) is 0 Å². The zero-order valence-electron chi connectivity index (χ0n) is 10.2. The fourth-order valence-electron chi connectivity index (χ4n) is 3.16. The van der Waals surface area contributed by atoms with Gasteiger partial charge in [-0.05, 0) is 31.6 Å². The average molecular weight is 206 g/mol. The van der Waals surface area contributed by atoms with Gasteiger partial charge in [0, 0.05) is 11.8 Å². The first kappa shape index (κ1) is 10.9. The first-order chi connectivity index (χ1) is 7.02. The van der Waals surface area contributed by atoms with Gasteiger partial charge in [0.2, 0.25) is 0 Å². The molecule has 0 aromatic rings. The van der Waals surface area contributed by atoms with E-state index in [1.165, 1.54) is 24.8 Å². The summed E-state index contributed by atoms with van der Waals surface area (Å²) in [5.74, 6) is 0.510. The molecule has 1 saturated carbocycles. The number of rotatable bonds is 3. The first-order valence-electron chi connectivity index (χ1n) is 6.26. The van der Waals surface area contributed by atoms with Gasteiger partial charge in [0.05, 0.1) is 0 Å². The van der Waals surface area contributed by atoms with Gasteiger partial charge in [-0.25, -0.2) is 0 Å². The van der Waals surface area contributed by atoms with E-state index >= 15 is 0 Å². The van der Waals surface area contributed by atoms with Gasteiger partial charge >= 0.3 is 0 Å². The third-order valence-corrected chi connectivity index (χ3v) is 4.65. The molecule has 0 radical (unpaired) electrons. The SMILES string of the molecule is CCCC[C@@]12C=C(C)[C@@](C)(CC1)CC2=O. The summed E-state index contributed by atoms with van der Waals surface area (Å²) in [6, 6.07) is 0. The number of ketones is 1. The third-order valence-electron chi connectivity index (χ3n) is 4.65. The summed E-state index contributed by atoms with van der Waals surface area (Å²) < 4.78 is 0. The van der Waals surface area contributed by atoms with Crippen LogP contribution in [-0.2, 0) is 4.79 Å². The van der Waals surface area contributed by atoms with E-state index in [2.05, 4.69) is 26.8 Å². The minimum absolute atomic E-state index is 0.0577. The van der Waals surface area contributed by atoms with Crippen molar-refractivity contribution >= 4 is 5.78 Å². The van der Waals surface area contributed by atoms with Crippen molar-refractivity contribution in [1.82, 2.24) is 0 Å². The lowest BCUT2D eigenvalue weighted by molar-refractivity contribution is -0.133. The molecule has 84 valence electrons. The van der Waals surface area contributed by atoms with Crippen molar-refractivity contribution in [2.75, 3.05) is 0 Å². The molecule has 1 nitrogen and oxygen atoms in total. The van der Waals surface area contributed by atoms with Gasteiger partial charge in [0.25, 0.3) is 0 Å². The molecular formula is C14H22O. The van der Waals surface area contributed by atoms with Crippen molar-refractivity contribution < 1.29 is 4.79 Å². The third kappa shape index (κ3) is 1.56. The average Bonchev–Trinajstić information content (AvgIpc) is 2.19. The lowest BCUT2D eigenvalue weighted by Gasteiger charge is -2.49. The molecule has 2 bridgehead atoms. The van der Waals surface area contributed by atoms with E-state index in [1.807, 2.05) is 0 Å². The molecule has 2 atom stereocenters. The fraction of sp³-hybridized carbons (Fsp3) is 0.786. The number of hydrogen-bond acceptors (Lipinski definition) is 1. The monoisotopic (exact) mass is 206 g/mol. The zero-order chi connectivity index (χ0) is 11.1. The summed E-state index contributed by atoms with van der Waals surface area (Å²) in [7, 11) is 0. The van der Waals surface area contributed by atoms with Crippen molar-refractivity contribution in [3.8, 4) is 0 Å².